The standard InChI is InChI=1S/C23H23N3O4S/c24-15-3-8-18(9-4-15)31-19-10-5-16(6-11-19)26-22(29)2-1-13-25-23(30)20-12-7-17(27)14-21(20)28/h3-12,14,27-28H,1-2,13,24H2,(H,25,30)(H,26,29). The smallest absolute Gasteiger partial charge is 0.255 e. The van der Waals surface area contributed by atoms with Crippen LogP contribution in [0.3, 0.4) is 0 Å². The summed E-state index contributed by atoms with van der Waals surface area (Å²) < 4.78 is 0. The highest BCUT2D eigenvalue weighted by atomic mass is 32.2. The van der Waals surface area contributed by atoms with Crippen LogP contribution in [0.15, 0.2) is 76.5 Å². The number of anilines is 2. The SMILES string of the molecule is Nc1ccc(Sc2ccc(NC(=O)CCCNC(=O)c3ccc(O)cc3O)cc2)cc1. The van der Waals surface area contributed by atoms with Crippen LogP contribution in [0.1, 0.15) is 23.2 Å². The molecule has 0 aliphatic rings. The van der Waals surface area contributed by atoms with Gasteiger partial charge in [-0.2, -0.15) is 0 Å². The molecule has 3 aromatic carbocycles. The molecule has 3 rings (SSSR count). The van der Waals surface area contributed by atoms with Gasteiger partial charge < -0.3 is 26.6 Å². The number of benzene rings is 3. The van der Waals surface area contributed by atoms with Crippen molar-refractivity contribution in [2.75, 3.05) is 17.6 Å². The molecule has 0 fully saturated rings. The molecule has 8 heteroatoms. The first-order valence-corrected chi connectivity index (χ1v) is 10.5. The lowest BCUT2D eigenvalue weighted by molar-refractivity contribution is -0.116. The molecule has 0 aliphatic carbocycles. The van der Waals surface area contributed by atoms with Crippen LogP contribution in [0.5, 0.6) is 11.5 Å². The van der Waals surface area contributed by atoms with Gasteiger partial charge in [-0.05, 0) is 67.1 Å². The number of hydrogen-bond donors (Lipinski definition) is 5. The van der Waals surface area contributed by atoms with Gasteiger partial charge in [0, 0.05) is 40.2 Å². The Morgan fingerprint density at radius 2 is 1.55 bits per heavy atom. The molecule has 0 saturated carbocycles. The fraction of sp³-hybridized carbons (Fsp3) is 0.130. The Morgan fingerprint density at radius 1 is 0.903 bits per heavy atom. The fourth-order valence-corrected chi connectivity index (χ4v) is 3.58. The summed E-state index contributed by atoms with van der Waals surface area (Å²) in [5.74, 6) is -1.04. The van der Waals surface area contributed by atoms with Gasteiger partial charge in [-0.3, -0.25) is 9.59 Å². The van der Waals surface area contributed by atoms with Crippen LogP contribution in [0.4, 0.5) is 11.4 Å². The summed E-state index contributed by atoms with van der Waals surface area (Å²) in [6.07, 6.45) is 0.686. The van der Waals surface area contributed by atoms with Gasteiger partial charge in [0.2, 0.25) is 5.91 Å². The Hall–Kier alpha value is -3.65. The molecule has 31 heavy (non-hydrogen) atoms. The summed E-state index contributed by atoms with van der Waals surface area (Å²) in [6.45, 7) is 0.281. The van der Waals surface area contributed by atoms with E-state index in [-0.39, 0.29) is 35.9 Å². The van der Waals surface area contributed by atoms with Crippen LogP contribution in [0.25, 0.3) is 0 Å². The Morgan fingerprint density at radius 3 is 2.19 bits per heavy atom. The number of nitrogens with two attached hydrogens (primary N) is 1. The van der Waals surface area contributed by atoms with Crippen LogP contribution >= 0.6 is 11.8 Å². The van der Waals surface area contributed by atoms with Gasteiger partial charge in [0.25, 0.3) is 5.91 Å². The van der Waals surface area contributed by atoms with Gasteiger partial charge in [0.15, 0.2) is 0 Å². The Kier molecular flexibility index (Phi) is 7.40. The van der Waals surface area contributed by atoms with Gasteiger partial charge in [-0.25, -0.2) is 0 Å². The summed E-state index contributed by atoms with van der Waals surface area (Å²) in [4.78, 5) is 26.3. The number of aromatic hydroxyl groups is 2. The molecule has 0 spiro atoms. The Labute approximate surface area is 184 Å². The number of nitrogens with one attached hydrogen (secondary N) is 2. The lowest BCUT2D eigenvalue weighted by Crippen LogP contribution is -2.25. The molecular formula is C23H23N3O4S. The van der Waals surface area contributed by atoms with Crippen molar-refractivity contribution in [3.63, 3.8) is 0 Å². The van der Waals surface area contributed by atoms with E-state index in [0.29, 0.717) is 12.1 Å². The van der Waals surface area contributed by atoms with E-state index in [0.717, 1.165) is 21.5 Å². The molecule has 0 saturated heterocycles. The van der Waals surface area contributed by atoms with Crippen molar-refractivity contribution >= 4 is 35.0 Å². The van der Waals surface area contributed by atoms with Gasteiger partial charge >= 0.3 is 0 Å². The van der Waals surface area contributed by atoms with Crippen LogP contribution in [-0.4, -0.2) is 28.6 Å². The number of rotatable bonds is 8. The molecule has 0 unspecified atom stereocenters. The molecule has 3 aromatic rings. The van der Waals surface area contributed by atoms with Gasteiger partial charge in [-0.15, -0.1) is 0 Å². The third-order valence-corrected chi connectivity index (χ3v) is 5.36. The molecular weight excluding hydrogens is 414 g/mol. The number of hydrogen-bond acceptors (Lipinski definition) is 6. The maximum Gasteiger partial charge on any atom is 0.255 e. The van der Waals surface area contributed by atoms with E-state index in [1.54, 1.807) is 11.8 Å². The first kappa shape index (κ1) is 22.0. The second-order valence-electron chi connectivity index (χ2n) is 6.80. The van der Waals surface area contributed by atoms with Crippen LogP contribution in [-0.2, 0) is 4.79 Å². The minimum Gasteiger partial charge on any atom is -0.508 e. The second-order valence-corrected chi connectivity index (χ2v) is 7.95. The highest BCUT2D eigenvalue weighted by Gasteiger charge is 2.11. The summed E-state index contributed by atoms with van der Waals surface area (Å²) in [7, 11) is 0. The minimum atomic E-state index is -0.466. The van der Waals surface area contributed by atoms with E-state index < -0.39 is 5.91 Å². The van der Waals surface area contributed by atoms with E-state index in [2.05, 4.69) is 10.6 Å². The molecule has 2 amide bonds. The molecule has 0 radical (unpaired) electrons. The third kappa shape index (κ3) is 6.68. The number of carbonyl (C=O) groups is 2. The number of amides is 2. The monoisotopic (exact) mass is 437 g/mol. The largest absolute Gasteiger partial charge is 0.508 e. The predicted molar refractivity (Wildman–Crippen MR) is 121 cm³/mol. The average Bonchev–Trinajstić information content (AvgIpc) is 2.74. The van der Waals surface area contributed by atoms with Crippen LogP contribution in [0.2, 0.25) is 0 Å². The molecule has 0 aliphatic heterocycles. The molecule has 7 nitrogen and oxygen atoms in total. The number of carbonyl (C=O) groups excluding carboxylic acids is 2. The lowest BCUT2D eigenvalue weighted by Gasteiger charge is -2.08. The van der Waals surface area contributed by atoms with Crippen molar-refractivity contribution in [3.8, 4) is 11.5 Å². The summed E-state index contributed by atoms with van der Waals surface area (Å²) in [5, 5.41) is 24.4. The number of phenolic OH excluding ortho intramolecular Hbond substituents is 2. The van der Waals surface area contributed by atoms with Gasteiger partial charge in [0.1, 0.15) is 11.5 Å². The maximum atomic E-state index is 12.1. The van der Waals surface area contributed by atoms with Crippen molar-refractivity contribution in [1.82, 2.24) is 5.32 Å². The summed E-state index contributed by atoms with van der Waals surface area (Å²) >= 11 is 1.60. The van der Waals surface area contributed by atoms with E-state index in [1.165, 1.54) is 12.1 Å². The highest BCUT2D eigenvalue weighted by molar-refractivity contribution is 7.99. The number of nitrogen functional groups attached to an aromatic ring is 1. The van der Waals surface area contributed by atoms with Gasteiger partial charge in [0.05, 0.1) is 5.56 Å². The third-order valence-electron chi connectivity index (χ3n) is 4.35. The zero-order chi connectivity index (χ0) is 22.2. The average molecular weight is 438 g/mol. The van der Waals surface area contributed by atoms with E-state index in [4.69, 9.17) is 5.73 Å². The predicted octanol–water partition coefficient (Wildman–Crippen LogP) is 3.98. The van der Waals surface area contributed by atoms with Crippen molar-refractivity contribution < 1.29 is 19.8 Å². The molecule has 0 atom stereocenters. The van der Waals surface area contributed by atoms with Crippen molar-refractivity contribution in [1.29, 1.82) is 0 Å². The van der Waals surface area contributed by atoms with Crippen molar-refractivity contribution in [3.05, 3.63) is 72.3 Å². The summed E-state index contributed by atoms with van der Waals surface area (Å²) in [6, 6.07) is 18.9. The molecule has 160 valence electrons. The second kappa shape index (κ2) is 10.4. The van der Waals surface area contributed by atoms with Gasteiger partial charge in [-0.1, -0.05) is 11.8 Å². The zero-order valence-electron chi connectivity index (χ0n) is 16.7. The zero-order valence-corrected chi connectivity index (χ0v) is 17.5. The van der Waals surface area contributed by atoms with E-state index >= 15 is 0 Å². The molecule has 6 N–H and O–H groups in total. The van der Waals surface area contributed by atoms with E-state index in [1.807, 2.05) is 48.5 Å². The highest BCUT2D eigenvalue weighted by Crippen LogP contribution is 2.29. The van der Waals surface area contributed by atoms with Crippen molar-refractivity contribution in [2.45, 2.75) is 22.6 Å². The summed E-state index contributed by atoms with van der Waals surface area (Å²) in [5.41, 5.74) is 7.18. The molecule has 0 bridgehead atoms. The normalized spacial score (nSPS) is 10.5. The van der Waals surface area contributed by atoms with Crippen LogP contribution < -0.4 is 16.4 Å². The Balaban J connectivity index is 1.40. The maximum absolute atomic E-state index is 12.1. The minimum absolute atomic E-state index is 0.0687. The lowest BCUT2D eigenvalue weighted by atomic mass is 10.1. The van der Waals surface area contributed by atoms with E-state index in [9.17, 15) is 19.8 Å². The topological polar surface area (TPSA) is 125 Å². The first-order valence-electron chi connectivity index (χ1n) is 9.64. The Bertz CT molecular complexity index is 1050. The number of phenols is 2. The fourth-order valence-electron chi connectivity index (χ4n) is 2.76. The van der Waals surface area contributed by atoms with Crippen molar-refractivity contribution in [2.24, 2.45) is 0 Å². The van der Waals surface area contributed by atoms with Crippen LogP contribution in [0, 0.1) is 0 Å². The quantitative estimate of drug-likeness (QED) is 0.268. The first-order chi connectivity index (χ1) is 14.9. The molecule has 0 aromatic heterocycles. The molecule has 0 heterocycles.